The highest BCUT2D eigenvalue weighted by atomic mass is 16.5. The second-order valence-corrected chi connectivity index (χ2v) is 16.0. The number of carbonyl (C=O) groups is 2. The van der Waals surface area contributed by atoms with Crippen LogP contribution in [0.25, 0.3) is 0 Å². The van der Waals surface area contributed by atoms with Crippen LogP contribution in [0.2, 0.25) is 0 Å². The molecule has 0 radical (unpaired) electrons. The number of esters is 1. The van der Waals surface area contributed by atoms with Gasteiger partial charge in [0.2, 0.25) is 5.91 Å². The van der Waals surface area contributed by atoms with Crippen molar-refractivity contribution in [1.29, 1.82) is 0 Å². The first kappa shape index (κ1) is 40.2. The first-order valence-electron chi connectivity index (χ1n) is 19.5. The molecule has 9 nitrogen and oxygen atoms in total. The molecule has 47 heavy (non-hydrogen) atoms. The van der Waals surface area contributed by atoms with E-state index in [1.54, 1.807) is 0 Å². The lowest BCUT2D eigenvalue weighted by Crippen LogP contribution is -2.58. The van der Waals surface area contributed by atoms with Crippen LogP contribution < -0.4 is 27.0 Å². The van der Waals surface area contributed by atoms with E-state index in [1.807, 2.05) is 0 Å². The maximum absolute atomic E-state index is 12.2. The first-order chi connectivity index (χ1) is 22.6. The average Bonchev–Trinajstić information content (AvgIpc) is 3.06. The van der Waals surface area contributed by atoms with Gasteiger partial charge in [-0.3, -0.25) is 9.59 Å². The van der Waals surface area contributed by atoms with Gasteiger partial charge in [0.25, 0.3) is 0 Å². The molecule has 0 aliphatic heterocycles. The number of hydrogen-bond acceptors (Lipinski definition) is 8. The van der Waals surface area contributed by atoms with E-state index in [0.717, 1.165) is 65.0 Å². The number of carbonyl (C=O) groups excluding carboxylic acids is 2. The quantitative estimate of drug-likeness (QED) is 0.0730. The normalized spacial score (nSPS) is 31.8. The number of unbranched alkanes of at least 4 members (excludes halogenated alkanes) is 1. The number of hydrogen-bond donors (Lipinski definition) is 6. The van der Waals surface area contributed by atoms with Crippen LogP contribution in [0.1, 0.15) is 118 Å². The maximum atomic E-state index is 12.2. The zero-order valence-electron chi connectivity index (χ0n) is 30.8. The summed E-state index contributed by atoms with van der Waals surface area (Å²) in [5, 5.41) is 25.3. The number of amides is 1. The Morgan fingerprint density at radius 2 is 1.62 bits per heavy atom. The van der Waals surface area contributed by atoms with Gasteiger partial charge in [-0.05, 0) is 157 Å². The third-order valence-electron chi connectivity index (χ3n) is 12.9. The number of rotatable bonds is 22. The molecule has 5 unspecified atom stereocenters. The van der Waals surface area contributed by atoms with Crippen LogP contribution in [0.15, 0.2) is 0 Å². The molecule has 0 aromatic carbocycles. The molecule has 3 saturated carbocycles. The molecule has 3 aliphatic rings. The van der Waals surface area contributed by atoms with Crippen LogP contribution in [0.3, 0.4) is 0 Å². The lowest BCUT2D eigenvalue weighted by atomic mass is 9.45. The van der Waals surface area contributed by atoms with Gasteiger partial charge in [0.05, 0.1) is 13.2 Å². The van der Waals surface area contributed by atoms with Crippen LogP contribution in [-0.4, -0.2) is 82.1 Å². The molecule has 3 fully saturated rings. The minimum atomic E-state index is -0.418. The fourth-order valence-corrected chi connectivity index (χ4v) is 9.45. The van der Waals surface area contributed by atoms with Crippen molar-refractivity contribution in [2.75, 3.05) is 52.9 Å². The number of aliphatic hydroxyl groups excluding tert-OH is 1. The predicted octanol–water partition coefficient (Wildman–Crippen LogP) is 4.61. The van der Waals surface area contributed by atoms with E-state index in [0.29, 0.717) is 59.3 Å². The summed E-state index contributed by atoms with van der Waals surface area (Å²) < 4.78 is 4.61. The molecule has 0 aromatic rings. The number of methoxy groups -OCH3 is 1. The predicted molar refractivity (Wildman–Crippen MR) is 192 cm³/mol. The van der Waals surface area contributed by atoms with E-state index in [2.05, 4.69) is 53.7 Å². The number of fused-ring (bicyclic) bond motifs is 3. The van der Waals surface area contributed by atoms with Crippen LogP contribution in [0, 0.1) is 46.8 Å². The van der Waals surface area contributed by atoms with Crippen molar-refractivity contribution in [3.05, 3.63) is 0 Å². The van der Waals surface area contributed by atoms with Crippen molar-refractivity contribution < 1.29 is 19.4 Å². The molecule has 3 rings (SSSR count). The second kappa shape index (κ2) is 21.1. The lowest BCUT2D eigenvalue weighted by Gasteiger charge is -2.61. The van der Waals surface area contributed by atoms with Gasteiger partial charge in [0.1, 0.15) is 6.54 Å². The highest BCUT2D eigenvalue weighted by Gasteiger charge is 2.56. The summed E-state index contributed by atoms with van der Waals surface area (Å²) >= 11 is 0. The summed E-state index contributed by atoms with van der Waals surface area (Å²) in [7, 11) is 1.33. The van der Waals surface area contributed by atoms with E-state index in [-0.39, 0.29) is 18.6 Å². The largest absolute Gasteiger partial charge is 0.468 e. The summed E-state index contributed by atoms with van der Waals surface area (Å²) in [6.07, 6.45) is 15.3. The van der Waals surface area contributed by atoms with Gasteiger partial charge in [-0.2, -0.15) is 0 Å². The third kappa shape index (κ3) is 12.5. The van der Waals surface area contributed by atoms with Crippen molar-refractivity contribution in [3.63, 3.8) is 0 Å². The molecule has 0 heterocycles. The average molecular weight is 664 g/mol. The third-order valence-corrected chi connectivity index (χ3v) is 12.9. The Hall–Kier alpha value is -1.26. The number of nitrogens with one attached hydrogen (secondary N) is 4. The van der Waals surface area contributed by atoms with Crippen molar-refractivity contribution in [2.24, 2.45) is 52.6 Å². The summed E-state index contributed by atoms with van der Waals surface area (Å²) in [5.74, 6) is 3.34. The van der Waals surface area contributed by atoms with Crippen LogP contribution >= 0.6 is 0 Å². The topological polar surface area (TPSA) is 138 Å². The monoisotopic (exact) mass is 664 g/mol. The van der Waals surface area contributed by atoms with E-state index < -0.39 is 5.97 Å². The molecule has 3 aliphatic carbocycles. The zero-order chi connectivity index (χ0) is 34.2. The van der Waals surface area contributed by atoms with Gasteiger partial charge in [-0.1, -0.05) is 40.5 Å². The van der Waals surface area contributed by atoms with Gasteiger partial charge in [-0.15, -0.1) is 0 Å². The van der Waals surface area contributed by atoms with Crippen molar-refractivity contribution in [2.45, 2.75) is 130 Å². The van der Waals surface area contributed by atoms with Crippen molar-refractivity contribution in [3.8, 4) is 0 Å². The van der Waals surface area contributed by atoms with Gasteiger partial charge >= 0.3 is 5.97 Å². The summed E-state index contributed by atoms with van der Waals surface area (Å²) in [6.45, 7) is 15.7. The Morgan fingerprint density at radius 3 is 2.32 bits per heavy atom. The summed E-state index contributed by atoms with van der Waals surface area (Å²) in [4.78, 5) is 23.5. The Labute approximate surface area is 287 Å². The van der Waals surface area contributed by atoms with E-state index in [4.69, 9.17) is 5.73 Å². The van der Waals surface area contributed by atoms with E-state index >= 15 is 0 Å². The fraction of sp³-hybridized carbons (Fsp3) is 0.947. The highest BCUT2D eigenvalue weighted by molar-refractivity contribution is 5.81. The molecule has 0 bridgehead atoms. The van der Waals surface area contributed by atoms with E-state index in [1.165, 1.54) is 64.9 Å². The number of nitrogens with two attached hydrogens (primary N) is 1. The Balaban J connectivity index is 1.39. The number of aliphatic hydroxyl groups is 1. The second-order valence-electron chi connectivity index (χ2n) is 16.0. The SMILES string of the molecule is COC(=O)CNC(=O)CCC(C)C(C)CCC1C2C(CC[C@H]1C)[C@@]1(C)CC[C@H](NCCCNCCCCNCCCN)C[C@H]1C[C@H]2O. The molecule has 10 atom stereocenters. The van der Waals surface area contributed by atoms with Crippen LogP contribution in [-0.2, 0) is 14.3 Å². The number of ether oxygens (including phenoxy) is 1. The van der Waals surface area contributed by atoms with Gasteiger partial charge in [-0.25, -0.2) is 0 Å². The molecule has 0 spiro atoms. The molecular weight excluding hydrogens is 590 g/mol. The lowest BCUT2D eigenvalue weighted by molar-refractivity contribution is -0.150. The minimum absolute atomic E-state index is 0.0614. The zero-order valence-corrected chi connectivity index (χ0v) is 30.8. The highest BCUT2D eigenvalue weighted by Crippen LogP contribution is 2.61. The maximum Gasteiger partial charge on any atom is 0.325 e. The van der Waals surface area contributed by atoms with Gasteiger partial charge < -0.3 is 36.8 Å². The molecular formula is C38H73N5O4. The van der Waals surface area contributed by atoms with Crippen LogP contribution in [0.5, 0.6) is 0 Å². The fourth-order valence-electron chi connectivity index (χ4n) is 9.45. The van der Waals surface area contributed by atoms with E-state index in [9.17, 15) is 14.7 Å². The summed E-state index contributed by atoms with van der Waals surface area (Å²) in [6, 6.07) is 0.583. The summed E-state index contributed by atoms with van der Waals surface area (Å²) in [5.41, 5.74) is 5.88. The molecule has 7 N–H and O–H groups in total. The molecule has 0 aromatic heterocycles. The first-order valence-corrected chi connectivity index (χ1v) is 19.5. The Kier molecular flexibility index (Phi) is 18.0. The van der Waals surface area contributed by atoms with Gasteiger partial charge in [0, 0.05) is 12.5 Å². The van der Waals surface area contributed by atoms with Gasteiger partial charge in [0.15, 0.2) is 0 Å². The van der Waals surface area contributed by atoms with Crippen molar-refractivity contribution >= 4 is 11.9 Å². The standard InChI is InChI=1S/C38H73N5O4/c1-27(28(2)12-15-35(45)43-26-36(46)47-5)10-13-32-29(3)11-14-33-37(32)34(44)25-30-24-31(16-17-38(30,33)4)42-23-9-22-41-20-7-6-19-40-21-8-18-39/h27-34,37,40-42,44H,6-26,39H2,1-5H3,(H,43,45)/t27?,28?,29-,30+,31+,32?,33?,34-,37?,38+/m1/s1. The smallest absolute Gasteiger partial charge is 0.325 e. The Morgan fingerprint density at radius 1 is 0.936 bits per heavy atom. The molecule has 274 valence electrons. The molecule has 0 saturated heterocycles. The van der Waals surface area contributed by atoms with Crippen LogP contribution in [0.4, 0.5) is 0 Å². The Bertz CT molecular complexity index is 907. The minimum Gasteiger partial charge on any atom is -0.468 e. The molecule has 1 amide bonds. The molecule has 9 heteroatoms. The van der Waals surface area contributed by atoms with Crippen molar-refractivity contribution in [1.82, 2.24) is 21.3 Å².